The van der Waals surface area contributed by atoms with Crippen molar-refractivity contribution in [3.05, 3.63) is 29.6 Å². The van der Waals surface area contributed by atoms with Gasteiger partial charge in [-0.25, -0.2) is 0 Å². The van der Waals surface area contributed by atoms with Crippen LogP contribution in [0.3, 0.4) is 0 Å². The zero-order chi connectivity index (χ0) is 23.4. The fourth-order valence-electron chi connectivity index (χ4n) is 4.18. The first kappa shape index (κ1) is 27.1. The first-order chi connectivity index (χ1) is 13.3. The SMILES string of the molecule is CC(C)(C)CN(Cc1cccc(CN(CC(C)(C)C)CC(C)(C)C)n1)CC(C)(C)C. The van der Waals surface area contributed by atoms with Gasteiger partial charge < -0.3 is 0 Å². The fraction of sp³-hybridized carbons (Fsp3) is 0.815. The molecule has 0 aliphatic heterocycles. The molecular weight excluding hydrogens is 366 g/mol. The maximum absolute atomic E-state index is 5.09. The number of hydrogen-bond acceptors (Lipinski definition) is 3. The van der Waals surface area contributed by atoms with Crippen molar-refractivity contribution < 1.29 is 0 Å². The molecular formula is C27H51N3. The Morgan fingerprint density at radius 1 is 0.533 bits per heavy atom. The standard InChI is InChI=1S/C27H51N3/c1-24(2,3)18-29(19-25(4,5)6)16-22-14-13-15-23(28-22)17-30(20-26(7,8)9)21-27(10,11)12/h13-15H,16-21H2,1-12H3. The van der Waals surface area contributed by atoms with Crippen molar-refractivity contribution in [2.24, 2.45) is 21.7 Å². The normalized spacial score (nSPS) is 14.1. The van der Waals surface area contributed by atoms with E-state index in [2.05, 4.69) is 111 Å². The van der Waals surface area contributed by atoms with E-state index < -0.39 is 0 Å². The lowest BCUT2D eigenvalue weighted by Crippen LogP contribution is -2.39. The molecule has 0 saturated heterocycles. The Morgan fingerprint density at radius 2 is 0.800 bits per heavy atom. The Labute approximate surface area is 188 Å². The van der Waals surface area contributed by atoms with Crippen LogP contribution in [0.4, 0.5) is 0 Å². The van der Waals surface area contributed by atoms with Gasteiger partial charge >= 0.3 is 0 Å². The summed E-state index contributed by atoms with van der Waals surface area (Å²) < 4.78 is 0. The minimum atomic E-state index is 0.277. The van der Waals surface area contributed by atoms with Crippen LogP contribution in [0.15, 0.2) is 18.2 Å². The second-order valence-corrected chi connectivity index (χ2v) is 14.2. The maximum atomic E-state index is 5.09. The van der Waals surface area contributed by atoms with E-state index in [-0.39, 0.29) is 21.7 Å². The van der Waals surface area contributed by atoms with Gasteiger partial charge in [-0.05, 0) is 33.8 Å². The minimum Gasteiger partial charge on any atom is -0.296 e. The number of pyridine rings is 1. The quantitative estimate of drug-likeness (QED) is 0.460. The lowest BCUT2D eigenvalue weighted by Gasteiger charge is -2.35. The van der Waals surface area contributed by atoms with E-state index in [1.54, 1.807) is 0 Å². The molecule has 0 aliphatic rings. The van der Waals surface area contributed by atoms with Crippen LogP contribution in [0.2, 0.25) is 0 Å². The van der Waals surface area contributed by atoms with E-state index in [1.165, 1.54) is 11.4 Å². The van der Waals surface area contributed by atoms with Gasteiger partial charge in [0.2, 0.25) is 0 Å². The Hall–Kier alpha value is -0.930. The van der Waals surface area contributed by atoms with E-state index in [0.717, 1.165) is 39.3 Å². The molecule has 0 spiro atoms. The van der Waals surface area contributed by atoms with Gasteiger partial charge in [-0.15, -0.1) is 0 Å². The molecule has 174 valence electrons. The predicted octanol–water partition coefficient (Wildman–Crippen LogP) is 6.87. The molecule has 0 saturated carbocycles. The highest BCUT2D eigenvalue weighted by Gasteiger charge is 2.24. The molecule has 0 aliphatic carbocycles. The van der Waals surface area contributed by atoms with Crippen molar-refractivity contribution in [1.82, 2.24) is 14.8 Å². The molecule has 0 bridgehead atoms. The molecule has 0 N–H and O–H groups in total. The van der Waals surface area contributed by atoms with Crippen LogP contribution < -0.4 is 0 Å². The summed E-state index contributed by atoms with van der Waals surface area (Å²) in [4.78, 5) is 10.2. The molecule has 0 radical (unpaired) electrons. The summed E-state index contributed by atoms with van der Waals surface area (Å²) in [6, 6.07) is 6.58. The molecule has 0 unspecified atom stereocenters. The lowest BCUT2D eigenvalue weighted by molar-refractivity contribution is 0.130. The first-order valence-corrected chi connectivity index (χ1v) is 11.7. The van der Waals surface area contributed by atoms with Crippen LogP contribution in [0.1, 0.15) is 94.5 Å². The molecule has 1 heterocycles. The van der Waals surface area contributed by atoms with Crippen LogP contribution >= 0.6 is 0 Å². The minimum absolute atomic E-state index is 0.277. The predicted molar refractivity (Wildman–Crippen MR) is 133 cm³/mol. The maximum Gasteiger partial charge on any atom is 0.0547 e. The van der Waals surface area contributed by atoms with Crippen molar-refractivity contribution in [1.29, 1.82) is 0 Å². The largest absolute Gasteiger partial charge is 0.296 e. The van der Waals surface area contributed by atoms with Crippen molar-refractivity contribution in [3.8, 4) is 0 Å². The average Bonchev–Trinajstić information content (AvgIpc) is 2.39. The zero-order valence-corrected chi connectivity index (χ0v) is 22.3. The Kier molecular flexibility index (Phi) is 9.15. The van der Waals surface area contributed by atoms with Gasteiger partial charge in [0.15, 0.2) is 0 Å². The summed E-state index contributed by atoms with van der Waals surface area (Å²) in [6.07, 6.45) is 0. The second kappa shape index (κ2) is 10.1. The molecule has 0 atom stereocenters. The third-order valence-electron chi connectivity index (χ3n) is 4.43. The van der Waals surface area contributed by atoms with E-state index in [0.29, 0.717) is 0 Å². The monoisotopic (exact) mass is 417 g/mol. The van der Waals surface area contributed by atoms with Gasteiger partial charge in [0.05, 0.1) is 11.4 Å². The van der Waals surface area contributed by atoms with Gasteiger partial charge in [0, 0.05) is 39.3 Å². The molecule has 1 rings (SSSR count). The van der Waals surface area contributed by atoms with Crippen molar-refractivity contribution in [3.63, 3.8) is 0 Å². The van der Waals surface area contributed by atoms with Crippen LogP contribution in [-0.2, 0) is 13.1 Å². The summed E-state index contributed by atoms with van der Waals surface area (Å²) in [5, 5.41) is 0. The van der Waals surface area contributed by atoms with Gasteiger partial charge in [0.1, 0.15) is 0 Å². The summed E-state index contributed by atoms with van der Waals surface area (Å²) in [5.41, 5.74) is 3.48. The summed E-state index contributed by atoms with van der Waals surface area (Å²) in [7, 11) is 0. The fourth-order valence-corrected chi connectivity index (χ4v) is 4.18. The molecule has 30 heavy (non-hydrogen) atoms. The Balaban J connectivity index is 2.99. The van der Waals surface area contributed by atoms with Crippen LogP contribution in [0, 0.1) is 21.7 Å². The Bertz CT molecular complexity index is 551. The van der Waals surface area contributed by atoms with Gasteiger partial charge in [-0.2, -0.15) is 0 Å². The lowest BCUT2D eigenvalue weighted by atomic mass is 9.92. The molecule has 3 nitrogen and oxygen atoms in total. The van der Waals surface area contributed by atoms with Crippen molar-refractivity contribution in [2.75, 3.05) is 26.2 Å². The average molecular weight is 418 g/mol. The third kappa shape index (κ3) is 13.4. The Morgan fingerprint density at radius 3 is 1.03 bits per heavy atom. The number of hydrogen-bond donors (Lipinski definition) is 0. The highest BCUT2D eigenvalue weighted by Crippen LogP contribution is 2.24. The topological polar surface area (TPSA) is 19.4 Å². The summed E-state index contributed by atoms with van der Waals surface area (Å²) in [5.74, 6) is 0. The molecule has 0 amide bonds. The van der Waals surface area contributed by atoms with Gasteiger partial charge in [0.25, 0.3) is 0 Å². The highest BCUT2D eigenvalue weighted by molar-refractivity contribution is 5.11. The van der Waals surface area contributed by atoms with Crippen LogP contribution in [-0.4, -0.2) is 41.0 Å². The van der Waals surface area contributed by atoms with Crippen LogP contribution in [0.25, 0.3) is 0 Å². The first-order valence-electron chi connectivity index (χ1n) is 11.7. The summed E-state index contributed by atoms with van der Waals surface area (Å²) in [6.45, 7) is 34.0. The number of nitrogens with zero attached hydrogens (tertiary/aromatic N) is 3. The molecule has 1 aromatic heterocycles. The highest BCUT2D eigenvalue weighted by atomic mass is 15.2. The third-order valence-corrected chi connectivity index (χ3v) is 4.43. The van der Waals surface area contributed by atoms with Crippen molar-refractivity contribution in [2.45, 2.75) is 96.2 Å². The van der Waals surface area contributed by atoms with Gasteiger partial charge in [-0.1, -0.05) is 89.2 Å². The van der Waals surface area contributed by atoms with E-state index >= 15 is 0 Å². The smallest absolute Gasteiger partial charge is 0.0547 e. The van der Waals surface area contributed by atoms with Crippen molar-refractivity contribution >= 4 is 0 Å². The second-order valence-electron chi connectivity index (χ2n) is 14.2. The van der Waals surface area contributed by atoms with E-state index in [1.807, 2.05) is 0 Å². The zero-order valence-electron chi connectivity index (χ0n) is 22.3. The number of rotatable bonds is 8. The van der Waals surface area contributed by atoms with Crippen LogP contribution in [0.5, 0.6) is 0 Å². The number of aromatic nitrogens is 1. The molecule has 3 heteroatoms. The molecule has 0 fully saturated rings. The van der Waals surface area contributed by atoms with E-state index in [4.69, 9.17) is 4.98 Å². The molecule has 0 aromatic carbocycles. The van der Waals surface area contributed by atoms with E-state index in [9.17, 15) is 0 Å². The van der Waals surface area contributed by atoms with Gasteiger partial charge in [-0.3, -0.25) is 14.8 Å². The summed E-state index contributed by atoms with van der Waals surface area (Å²) >= 11 is 0. The molecule has 1 aromatic rings.